The molecule has 1 amide bonds. The number of ether oxygens (including phenoxy) is 1. The van der Waals surface area contributed by atoms with Crippen molar-refractivity contribution in [1.29, 1.82) is 0 Å². The third-order valence-electron chi connectivity index (χ3n) is 5.68. The molecule has 0 saturated carbocycles. The molecule has 0 bridgehead atoms. The largest absolute Gasteiger partial charge is 0.490 e. The molecule has 0 aliphatic carbocycles. The smallest absolute Gasteiger partial charge is 0.267 e. The zero-order chi connectivity index (χ0) is 25.0. The van der Waals surface area contributed by atoms with Gasteiger partial charge in [0.2, 0.25) is 0 Å². The van der Waals surface area contributed by atoms with Gasteiger partial charge in [0.25, 0.3) is 5.91 Å². The van der Waals surface area contributed by atoms with Gasteiger partial charge in [0.15, 0.2) is 0 Å². The standard InChI is InChI=1S/C29H35N3O3/c1-21(2)5-4-6-22(3)16-18-35-26-12-13-28-27(19-26)24(20-31-28)15-17-30-25-10-7-23(8-11-25)9-14-29(33)32-34/h5,7-14,16,19-20,30-31,34H,4,6,15,17-18H2,1-3H3,(H,32,33)/b14-9+,22-16+. The minimum Gasteiger partial charge on any atom is -0.490 e. The molecule has 0 saturated heterocycles. The molecule has 0 atom stereocenters. The fourth-order valence-corrected chi connectivity index (χ4v) is 3.69. The zero-order valence-corrected chi connectivity index (χ0v) is 20.7. The average molecular weight is 474 g/mol. The van der Waals surface area contributed by atoms with Gasteiger partial charge in [0.1, 0.15) is 12.4 Å². The van der Waals surface area contributed by atoms with E-state index in [1.807, 2.05) is 30.3 Å². The van der Waals surface area contributed by atoms with Crippen LogP contribution in [0.25, 0.3) is 17.0 Å². The molecule has 1 aromatic heterocycles. The van der Waals surface area contributed by atoms with Crippen LogP contribution in [0.3, 0.4) is 0 Å². The monoisotopic (exact) mass is 473 g/mol. The van der Waals surface area contributed by atoms with Crippen molar-refractivity contribution in [2.24, 2.45) is 0 Å². The second-order valence-electron chi connectivity index (χ2n) is 8.81. The van der Waals surface area contributed by atoms with Crippen LogP contribution in [-0.2, 0) is 11.2 Å². The first-order valence-corrected chi connectivity index (χ1v) is 11.9. The molecule has 2 aromatic carbocycles. The van der Waals surface area contributed by atoms with Gasteiger partial charge < -0.3 is 15.0 Å². The first-order chi connectivity index (χ1) is 16.9. The summed E-state index contributed by atoms with van der Waals surface area (Å²) in [4.78, 5) is 14.4. The van der Waals surface area contributed by atoms with E-state index in [2.05, 4.69) is 61.6 Å². The maximum Gasteiger partial charge on any atom is 0.267 e. The number of amides is 1. The summed E-state index contributed by atoms with van der Waals surface area (Å²) in [5, 5.41) is 13.2. The number of carbonyl (C=O) groups excluding carboxylic acids is 1. The molecule has 0 aliphatic rings. The van der Waals surface area contributed by atoms with Gasteiger partial charge in [-0.25, -0.2) is 5.48 Å². The topological polar surface area (TPSA) is 86.4 Å². The van der Waals surface area contributed by atoms with Crippen LogP contribution in [-0.4, -0.2) is 29.3 Å². The lowest BCUT2D eigenvalue weighted by atomic mass is 10.1. The molecule has 0 spiro atoms. The average Bonchev–Trinajstić information content (AvgIpc) is 3.25. The number of hydroxylamine groups is 1. The van der Waals surface area contributed by atoms with Gasteiger partial charge in [-0.1, -0.05) is 29.4 Å². The van der Waals surface area contributed by atoms with Gasteiger partial charge >= 0.3 is 0 Å². The predicted octanol–water partition coefficient (Wildman–Crippen LogP) is 6.41. The number of nitrogens with one attached hydrogen (secondary N) is 3. The number of hydrogen-bond acceptors (Lipinski definition) is 4. The summed E-state index contributed by atoms with van der Waals surface area (Å²) in [6.07, 6.45) is 12.4. The Morgan fingerprint density at radius 1 is 1.09 bits per heavy atom. The van der Waals surface area contributed by atoms with E-state index in [4.69, 9.17) is 9.94 Å². The highest BCUT2D eigenvalue weighted by Gasteiger charge is 2.06. The van der Waals surface area contributed by atoms with Crippen LogP contribution in [0.4, 0.5) is 5.69 Å². The molecule has 184 valence electrons. The minimum absolute atomic E-state index is 0.554. The van der Waals surface area contributed by atoms with Crippen LogP contribution in [0, 0.1) is 0 Å². The van der Waals surface area contributed by atoms with Crippen molar-refractivity contribution in [1.82, 2.24) is 10.5 Å². The van der Waals surface area contributed by atoms with Crippen molar-refractivity contribution in [3.05, 3.63) is 89.2 Å². The lowest BCUT2D eigenvalue weighted by molar-refractivity contribution is -0.124. The normalized spacial score (nSPS) is 11.6. The Balaban J connectivity index is 1.52. The number of fused-ring (bicyclic) bond motifs is 1. The van der Waals surface area contributed by atoms with Gasteiger partial charge in [0, 0.05) is 35.4 Å². The number of H-pyrrole nitrogens is 1. The van der Waals surface area contributed by atoms with Gasteiger partial charge in [-0.2, -0.15) is 0 Å². The highest BCUT2D eigenvalue weighted by Crippen LogP contribution is 2.24. The van der Waals surface area contributed by atoms with E-state index in [1.165, 1.54) is 28.2 Å². The lowest BCUT2D eigenvalue weighted by Crippen LogP contribution is -2.14. The van der Waals surface area contributed by atoms with Crippen LogP contribution < -0.4 is 15.5 Å². The van der Waals surface area contributed by atoms with E-state index < -0.39 is 5.91 Å². The first-order valence-electron chi connectivity index (χ1n) is 11.9. The molecule has 1 heterocycles. The molecule has 0 radical (unpaired) electrons. The van der Waals surface area contributed by atoms with Crippen LogP contribution in [0.5, 0.6) is 5.75 Å². The third kappa shape index (κ3) is 8.50. The molecular weight excluding hydrogens is 438 g/mol. The van der Waals surface area contributed by atoms with E-state index in [0.717, 1.165) is 48.3 Å². The summed E-state index contributed by atoms with van der Waals surface area (Å²) < 4.78 is 6.00. The molecule has 0 aliphatic heterocycles. The molecule has 0 unspecified atom stereocenters. The summed E-state index contributed by atoms with van der Waals surface area (Å²) in [5.74, 6) is 0.319. The summed E-state index contributed by atoms with van der Waals surface area (Å²) >= 11 is 0. The number of aromatic nitrogens is 1. The number of allylic oxidation sites excluding steroid dienone is 3. The Labute approximate surface area is 207 Å². The number of aromatic amines is 1. The molecule has 6 nitrogen and oxygen atoms in total. The van der Waals surface area contributed by atoms with Crippen LogP contribution >= 0.6 is 0 Å². The summed E-state index contributed by atoms with van der Waals surface area (Å²) in [6.45, 7) is 7.77. The van der Waals surface area contributed by atoms with Gasteiger partial charge in [-0.3, -0.25) is 10.0 Å². The molecule has 0 fully saturated rings. The second kappa shape index (κ2) is 13.2. The van der Waals surface area contributed by atoms with Crippen molar-refractivity contribution >= 4 is 28.6 Å². The number of rotatable bonds is 12. The second-order valence-corrected chi connectivity index (χ2v) is 8.81. The fraction of sp³-hybridized carbons (Fsp3) is 0.276. The van der Waals surface area contributed by atoms with Gasteiger partial charge in [-0.05, 0) is 93.6 Å². The lowest BCUT2D eigenvalue weighted by Gasteiger charge is -2.08. The van der Waals surface area contributed by atoms with Crippen molar-refractivity contribution < 1.29 is 14.7 Å². The minimum atomic E-state index is -0.554. The van der Waals surface area contributed by atoms with Crippen LogP contribution in [0.15, 0.2) is 78.0 Å². The Morgan fingerprint density at radius 2 is 1.89 bits per heavy atom. The van der Waals surface area contributed by atoms with Crippen LogP contribution in [0.2, 0.25) is 0 Å². The maximum absolute atomic E-state index is 11.1. The fourth-order valence-electron chi connectivity index (χ4n) is 3.69. The van der Waals surface area contributed by atoms with Crippen molar-refractivity contribution in [2.75, 3.05) is 18.5 Å². The van der Waals surface area contributed by atoms with E-state index in [0.29, 0.717) is 6.61 Å². The Morgan fingerprint density at radius 3 is 2.63 bits per heavy atom. The van der Waals surface area contributed by atoms with Crippen molar-refractivity contribution in [3.8, 4) is 5.75 Å². The SMILES string of the molecule is CC(C)=CCC/C(C)=C/COc1ccc2[nH]cc(CCNc3ccc(/C=C/C(=O)NO)cc3)c2c1. The quantitative estimate of drug-likeness (QED) is 0.106. The molecule has 3 aromatic rings. The number of benzene rings is 2. The summed E-state index contributed by atoms with van der Waals surface area (Å²) in [6, 6.07) is 13.9. The molecule has 35 heavy (non-hydrogen) atoms. The van der Waals surface area contributed by atoms with E-state index in [9.17, 15) is 4.79 Å². The molecule has 3 rings (SSSR count). The van der Waals surface area contributed by atoms with Crippen molar-refractivity contribution in [2.45, 2.75) is 40.0 Å². The summed E-state index contributed by atoms with van der Waals surface area (Å²) in [5.41, 5.74) is 8.50. The Bertz CT molecular complexity index is 1200. The Kier molecular flexibility index (Phi) is 9.75. The van der Waals surface area contributed by atoms with Crippen LogP contribution in [0.1, 0.15) is 44.7 Å². The van der Waals surface area contributed by atoms with E-state index in [1.54, 1.807) is 11.6 Å². The predicted molar refractivity (Wildman–Crippen MR) is 144 cm³/mol. The number of carbonyl (C=O) groups is 1. The van der Waals surface area contributed by atoms with Gasteiger partial charge in [-0.15, -0.1) is 0 Å². The van der Waals surface area contributed by atoms with Crippen molar-refractivity contribution in [3.63, 3.8) is 0 Å². The molecule has 6 heteroatoms. The van der Waals surface area contributed by atoms with E-state index >= 15 is 0 Å². The Hall–Kier alpha value is -3.77. The number of hydrogen-bond donors (Lipinski definition) is 4. The maximum atomic E-state index is 11.1. The summed E-state index contributed by atoms with van der Waals surface area (Å²) in [7, 11) is 0. The number of anilines is 1. The van der Waals surface area contributed by atoms with Gasteiger partial charge in [0.05, 0.1) is 0 Å². The first kappa shape index (κ1) is 25.8. The van der Waals surface area contributed by atoms with E-state index in [-0.39, 0.29) is 0 Å². The molecule has 4 N–H and O–H groups in total. The molecular formula is C29H35N3O3. The zero-order valence-electron chi connectivity index (χ0n) is 20.7. The third-order valence-corrected chi connectivity index (χ3v) is 5.68. The highest BCUT2D eigenvalue weighted by molar-refractivity contribution is 5.90. The highest BCUT2D eigenvalue weighted by atomic mass is 16.5.